The van der Waals surface area contributed by atoms with E-state index in [1.54, 1.807) is 12.1 Å². The third-order valence-electron chi connectivity index (χ3n) is 11.8. The SMILES string of the molecule is CN(CC#Cc1ccc(C2=CC=CCC2)cc1)CCc1ccc(Oc2cccc(-c3ccc(C#CCN(CC#Cc4ccc(-c5ccccc5)cc4)CCc4ccc(C(=O)O)cc4)cc3)c2)cc1. The van der Waals surface area contributed by atoms with E-state index in [0.717, 1.165) is 89.2 Å². The first kappa shape index (κ1) is 46.4. The van der Waals surface area contributed by atoms with E-state index >= 15 is 0 Å². The molecule has 7 aromatic carbocycles. The maximum Gasteiger partial charge on any atom is 0.335 e. The fraction of sp³-hybridized carbons (Fsp3) is 0.159. The summed E-state index contributed by atoms with van der Waals surface area (Å²) in [6, 6.07) is 59.1. The van der Waals surface area contributed by atoms with Gasteiger partial charge in [-0.3, -0.25) is 9.80 Å². The molecular weight excluding hydrogens is 833 g/mol. The van der Waals surface area contributed by atoms with Gasteiger partial charge in [-0.05, 0) is 150 Å². The average Bonchev–Trinajstić information content (AvgIpc) is 3.39. The van der Waals surface area contributed by atoms with Gasteiger partial charge >= 0.3 is 5.97 Å². The molecule has 0 amide bonds. The van der Waals surface area contributed by atoms with E-state index in [1.807, 2.05) is 54.6 Å². The van der Waals surface area contributed by atoms with Crippen LogP contribution in [0, 0.1) is 35.5 Å². The van der Waals surface area contributed by atoms with Crippen molar-refractivity contribution in [3.8, 4) is 69.3 Å². The molecule has 0 fully saturated rings. The molecule has 1 N–H and O–H groups in total. The Labute approximate surface area is 402 Å². The highest BCUT2D eigenvalue weighted by molar-refractivity contribution is 5.87. The number of nitrogens with zero attached hydrogens (tertiary/aromatic N) is 2. The number of rotatable bonds is 15. The summed E-state index contributed by atoms with van der Waals surface area (Å²) in [6.07, 6.45) is 10.5. The normalized spacial score (nSPS) is 11.7. The number of hydrogen-bond donors (Lipinski definition) is 1. The molecule has 0 atom stereocenters. The van der Waals surface area contributed by atoms with Crippen LogP contribution in [-0.2, 0) is 12.8 Å². The van der Waals surface area contributed by atoms with Crippen molar-refractivity contribution < 1.29 is 14.6 Å². The Kier molecular flexibility index (Phi) is 16.3. The minimum atomic E-state index is -0.926. The predicted octanol–water partition coefficient (Wildman–Crippen LogP) is 12.7. The molecule has 0 bridgehead atoms. The summed E-state index contributed by atoms with van der Waals surface area (Å²) in [6.45, 7) is 3.44. The third kappa shape index (κ3) is 14.0. The Morgan fingerprint density at radius 1 is 0.544 bits per heavy atom. The molecule has 5 heteroatoms. The molecule has 5 nitrogen and oxygen atoms in total. The van der Waals surface area contributed by atoms with Crippen molar-refractivity contribution >= 4 is 11.5 Å². The zero-order valence-electron chi connectivity index (χ0n) is 38.5. The van der Waals surface area contributed by atoms with Crippen LogP contribution in [0.5, 0.6) is 11.5 Å². The lowest BCUT2D eigenvalue weighted by Gasteiger charge is -2.16. The first-order valence-electron chi connectivity index (χ1n) is 23.2. The van der Waals surface area contributed by atoms with Gasteiger partial charge in [0.15, 0.2) is 0 Å². The topological polar surface area (TPSA) is 53.0 Å². The fourth-order valence-electron chi connectivity index (χ4n) is 7.83. The standard InChI is InChI=1S/C63H54N2O3/c1-64(43-9-12-49-21-31-56(32-22-49)54-15-4-2-5-16-54)46-41-53-29-39-61(40-30-53)68-62-20-8-19-60(48-62)58-35-25-51(26-36-58)14-11-45-65(47-42-52-27-37-59(38-28-52)63(66)67)44-10-13-50-23-33-57(34-24-50)55-17-6-3-7-18-55/h2-4,6-8,15,17-40,48H,5,16,41-47H2,1H3,(H,66,67). The van der Waals surface area contributed by atoms with Crippen LogP contribution in [0.3, 0.4) is 0 Å². The number of allylic oxidation sites excluding steroid dienone is 4. The number of carbonyl (C=O) groups is 1. The van der Waals surface area contributed by atoms with Crippen LogP contribution in [0.25, 0.3) is 27.8 Å². The van der Waals surface area contributed by atoms with Crippen LogP contribution < -0.4 is 4.74 Å². The van der Waals surface area contributed by atoms with E-state index in [1.165, 1.54) is 22.3 Å². The van der Waals surface area contributed by atoms with E-state index in [9.17, 15) is 9.90 Å². The summed E-state index contributed by atoms with van der Waals surface area (Å²) in [4.78, 5) is 15.8. The lowest BCUT2D eigenvalue weighted by atomic mass is 9.97. The number of hydrogen-bond acceptors (Lipinski definition) is 4. The lowest BCUT2D eigenvalue weighted by molar-refractivity contribution is 0.0697. The number of carboxylic acids is 1. The second-order valence-electron chi connectivity index (χ2n) is 16.9. The zero-order chi connectivity index (χ0) is 46.8. The molecule has 8 rings (SSSR count). The summed E-state index contributed by atoms with van der Waals surface area (Å²) in [7, 11) is 2.12. The second kappa shape index (κ2) is 23.9. The highest BCUT2D eigenvalue weighted by Gasteiger charge is 2.08. The predicted molar refractivity (Wildman–Crippen MR) is 278 cm³/mol. The summed E-state index contributed by atoms with van der Waals surface area (Å²) >= 11 is 0. The van der Waals surface area contributed by atoms with Crippen molar-refractivity contribution in [2.45, 2.75) is 25.7 Å². The Morgan fingerprint density at radius 3 is 1.66 bits per heavy atom. The van der Waals surface area contributed by atoms with E-state index in [4.69, 9.17) is 4.74 Å². The van der Waals surface area contributed by atoms with Gasteiger partial charge < -0.3 is 9.84 Å². The van der Waals surface area contributed by atoms with Gasteiger partial charge in [-0.2, -0.15) is 0 Å². The lowest BCUT2D eigenvalue weighted by Crippen LogP contribution is -2.27. The fourth-order valence-corrected chi connectivity index (χ4v) is 7.83. The highest BCUT2D eigenvalue weighted by atomic mass is 16.5. The maximum absolute atomic E-state index is 11.4. The number of aromatic carboxylic acids is 1. The Bertz CT molecular complexity index is 3030. The molecule has 0 saturated heterocycles. The highest BCUT2D eigenvalue weighted by Crippen LogP contribution is 2.28. The van der Waals surface area contributed by atoms with Crippen molar-refractivity contribution in [1.29, 1.82) is 0 Å². The summed E-state index contributed by atoms with van der Waals surface area (Å²) in [5.41, 5.74) is 12.7. The van der Waals surface area contributed by atoms with E-state index in [2.05, 4.69) is 180 Å². The van der Waals surface area contributed by atoms with Crippen LogP contribution in [0.4, 0.5) is 0 Å². The van der Waals surface area contributed by atoms with E-state index < -0.39 is 5.97 Å². The first-order chi connectivity index (χ1) is 33.4. The van der Waals surface area contributed by atoms with Gasteiger partial charge in [0.2, 0.25) is 0 Å². The molecule has 0 aliphatic heterocycles. The van der Waals surface area contributed by atoms with Crippen molar-refractivity contribution in [1.82, 2.24) is 9.80 Å². The van der Waals surface area contributed by atoms with Gasteiger partial charge in [0.25, 0.3) is 0 Å². The molecule has 0 aromatic heterocycles. The molecule has 0 heterocycles. The number of likely N-dealkylation sites (N-methyl/N-ethyl adjacent to an activating group) is 1. The average molecular weight is 887 g/mol. The molecule has 0 unspecified atom stereocenters. The van der Waals surface area contributed by atoms with Gasteiger partial charge in [0, 0.05) is 29.8 Å². The molecule has 0 spiro atoms. The van der Waals surface area contributed by atoms with Crippen LogP contribution in [0.2, 0.25) is 0 Å². The third-order valence-corrected chi connectivity index (χ3v) is 11.8. The van der Waals surface area contributed by atoms with Crippen molar-refractivity contribution in [2.75, 3.05) is 39.8 Å². The first-order valence-corrected chi connectivity index (χ1v) is 23.2. The minimum Gasteiger partial charge on any atom is -0.478 e. The molecule has 1 aliphatic carbocycles. The molecule has 334 valence electrons. The van der Waals surface area contributed by atoms with Crippen molar-refractivity contribution in [3.05, 3.63) is 233 Å². The molecule has 68 heavy (non-hydrogen) atoms. The monoisotopic (exact) mass is 886 g/mol. The van der Waals surface area contributed by atoms with Crippen molar-refractivity contribution in [3.63, 3.8) is 0 Å². The summed E-state index contributed by atoms with van der Waals surface area (Å²) in [5.74, 6) is 20.7. The minimum absolute atomic E-state index is 0.283. The van der Waals surface area contributed by atoms with Gasteiger partial charge in [-0.25, -0.2) is 4.79 Å². The summed E-state index contributed by atoms with van der Waals surface area (Å²) in [5, 5.41) is 9.32. The van der Waals surface area contributed by atoms with E-state index in [0.29, 0.717) is 19.6 Å². The van der Waals surface area contributed by atoms with Crippen LogP contribution in [0.15, 0.2) is 194 Å². The largest absolute Gasteiger partial charge is 0.478 e. The van der Waals surface area contributed by atoms with Gasteiger partial charge in [-0.15, -0.1) is 0 Å². The summed E-state index contributed by atoms with van der Waals surface area (Å²) < 4.78 is 6.30. The molecule has 1 aliphatic rings. The smallest absolute Gasteiger partial charge is 0.335 e. The van der Waals surface area contributed by atoms with Crippen LogP contribution >= 0.6 is 0 Å². The van der Waals surface area contributed by atoms with Gasteiger partial charge in [-0.1, -0.05) is 157 Å². The van der Waals surface area contributed by atoms with E-state index in [-0.39, 0.29) is 5.56 Å². The van der Waals surface area contributed by atoms with Gasteiger partial charge in [0.05, 0.1) is 25.2 Å². The second-order valence-corrected chi connectivity index (χ2v) is 16.9. The maximum atomic E-state index is 11.4. The molecular formula is C63H54N2O3. The Balaban J connectivity index is 0.823. The zero-order valence-corrected chi connectivity index (χ0v) is 38.5. The van der Waals surface area contributed by atoms with Gasteiger partial charge in [0.1, 0.15) is 11.5 Å². The Morgan fingerprint density at radius 2 is 1.07 bits per heavy atom. The number of ether oxygens (including phenoxy) is 1. The van der Waals surface area contributed by atoms with Crippen LogP contribution in [0.1, 0.15) is 56.6 Å². The molecule has 7 aromatic rings. The quantitative estimate of drug-likeness (QED) is 0.104. The van der Waals surface area contributed by atoms with Crippen molar-refractivity contribution in [2.24, 2.45) is 0 Å². The van der Waals surface area contributed by atoms with Crippen LogP contribution in [-0.4, -0.2) is 60.6 Å². The molecule has 0 saturated carbocycles. The Hall–Kier alpha value is -8.11. The number of benzene rings is 7. The molecule has 0 radical (unpaired) electrons. The number of carboxylic acid groups (broad SMARTS) is 1.